The van der Waals surface area contributed by atoms with Crippen molar-refractivity contribution in [2.24, 2.45) is 0 Å². The fraction of sp³-hybridized carbons (Fsp3) is 0.286. The lowest BCUT2D eigenvalue weighted by atomic mass is 10.3. The van der Waals surface area contributed by atoms with E-state index in [4.69, 9.17) is 4.74 Å². The number of aromatic amines is 1. The monoisotopic (exact) mass is 301 g/mol. The van der Waals surface area contributed by atoms with E-state index in [0.29, 0.717) is 3.57 Å². The van der Waals surface area contributed by atoms with Gasteiger partial charge in [0.1, 0.15) is 0 Å². The predicted octanol–water partition coefficient (Wildman–Crippen LogP) is 1.93. The maximum atomic E-state index is 12.1. The van der Waals surface area contributed by atoms with Gasteiger partial charge in [0, 0.05) is 0 Å². The average Bonchev–Trinajstić information content (AvgIpc) is 2.03. The number of aromatic nitrogens is 1. The summed E-state index contributed by atoms with van der Waals surface area (Å²) >= 11 is 1.77. The number of hydrogen-bond donors (Lipinski definition) is 1. The molecule has 0 saturated heterocycles. The summed E-state index contributed by atoms with van der Waals surface area (Å²) in [4.78, 5) is 13.1. The molecule has 13 heavy (non-hydrogen) atoms. The molecule has 3 nitrogen and oxygen atoms in total. The van der Waals surface area contributed by atoms with E-state index < -0.39 is 17.7 Å². The smallest absolute Gasteiger partial charge is 0.291 e. The van der Waals surface area contributed by atoms with Crippen LogP contribution in [0.5, 0.6) is 5.75 Å². The van der Waals surface area contributed by atoms with Crippen molar-refractivity contribution >= 4 is 22.6 Å². The Morgan fingerprint density at radius 3 is 2.62 bits per heavy atom. The maximum absolute atomic E-state index is 12.1. The molecule has 0 atom stereocenters. The number of alkyl halides is 2. The van der Waals surface area contributed by atoms with Crippen LogP contribution in [0.2, 0.25) is 0 Å². The molecule has 0 aliphatic heterocycles. The lowest BCUT2D eigenvalue weighted by molar-refractivity contribution is 0.145. The average molecular weight is 301 g/mol. The van der Waals surface area contributed by atoms with Gasteiger partial charge in [-0.25, -0.2) is 8.78 Å². The number of rotatable bonds is 2. The van der Waals surface area contributed by atoms with Gasteiger partial charge < -0.3 is 9.72 Å². The molecule has 1 aromatic rings. The Kier molecular flexibility index (Phi) is 3.23. The molecule has 1 aromatic heterocycles. The van der Waals surface area contributed by atoms with Gasteiger partial charge in [0.2, 0.25) is 0 Å². The molecule has 0 radical (unpaired) electrons. The number of halogens is 3. The number of H-pyrrole nitrogens is 1. The van der Waals surface area contributed by atoms with Gasteiger partial charge in [-0.1, -0.05) is 0 Å². The third kappa shape index (κ3) is 2.17. The van der Waals surface area contributed by atoms with Crippen molar-refractivity contribution in [3.63, 3.8) is 0 Å². The predicted molar refractivity (Wildman–Crippen MR) is 51.3 cm³/mol. The molecule has 0 aliphatic carbocycles. The minimum absolute atomic E-state index is 0.0602. The third-order valence-corrected chi connectivity index (χ3v) is 2.20. The van der Waals surface area contributed by atoms with E-state index in [1.165, 1.54) is 13.2 Å². The molecule has 0 aliphatic rings. The summed E-state index contributed by atoms with van der Waals surface area (Å²) in [5.74, 6) is 0.0602. The molecule has 6 heteroatoms. The van der Waals surface area contributed by atoms with Crippen LogP contribution in [0.4, 0.5) is 8.78 Å². The van der Waals surface area contributed by atoms with Crippen molar-refractivity contribution in [1.82, 2.24) is 4.98 Å². The zero-order valence-electron chi connectivity index (χ0n) is 6.61. The summed E-state index contributed by atoms with van der Waals surface area (Å²) < 4.78 is 29.4. The van der Waals surface area contributed by atoms with E-state index >= 15 is 0 Å². The maximum Gasteiger partial charge on any atom is 0.291 e. The first kappa shape index (κ1) is 10.4. The van der Waals surface area contributed by atoms with Gasteiger partial charge in [0.25, 0.3) is 12.0 Å². The Labute approximate surface area is 86.2 Å². The second-order valence-corrected chi connectivity index (χ2v) is 3.40. The number of pyridine rings is 1. The molecular weight excluding hydrogens is 295 g/mol. The number of hydrogen-bond acceptors (Lipinski definition) is 2. The molecular formula is C7H6F2INO2. The standard InChI is InChI=1S/C7H6F2INO2/c1-13-5-3(10)2-4(6(8)9)11-7(5)12/h2,6H,1H3,(H,11,12). The molecule has 0 saturated carbocycles. The first-order chi connectivity index (χ1) is 6.06. The molecule has 1 N–H and O–H groups in total. The SMILES string of the molecule is COc1c(I)cc(C(F)F)[nH]c1=O. The lowest BCUT2D eigenvalue weighted by Gasteiger charge is -2.04. The van der Waals surface area contributed by atoms with Crippen molar-refractivity contribution in [1.29, 1.82) is 0 Å². The van der Waals surface area contributed by atoms with Crippen LogP contribution >= 0.6 is 22.6 Å². The fourth-order valence-corrected chi connectivity index (χ4v) is 1.64. The molecule has 1 heterocycles. The number of nitrogens with one attached hydrogen (secondary N) is 1. The van der Waals surface area contributed by atoms with E-state index in [-0.39, 0.29) is 5.75 Å². The van der Waals surface area contributed by atoms with Crippen LogP contribution in [0.25, 0.3) is 0 Å². The third-order valence-electron chi connectivity index (χ3n) is 1.40. The van der Waals surface area contributed by atoms with Crippen LogP contribution in [-0.4, -0.2) is 12.1 Å². The summed E-state index contributed by atoms with van der Waals surface area (Å²) in [6.45, 7) is 0. The number of ether oxygens (including phenoxy) is 1. The topological polar surface area (TPSA) is 42.1 Å². The molecule has 0 amide bonds. The zero-order chi connectivity index (χ0) is 10.0. The molecule has 1 rings (SSSR count). The Bertz CT molecular complexity index is 364. The highest BCUT2D eigenvalue weighted by molar-refractivity contribution is 14.1. The van der Waals surface area contributed by atoms with Crippen LogP contribution in [0.1, 0.15) is 12.1 Å². The van der Waals surface area contributed by atoms with Gasteiger partial charge in [-0.15, -0.1) is 0 Å². The Hall–Kier alpha value is -0.660. The molecule has 0 bridgehead atoms. The Morgan fingerprint density at radius 1 is 1.62 bits per heavy atom. The van der Waals surface area contributed by atoms with Crippen molar-refractivity contribution in [3.8, 4) is 5.75 Å². The number of methoxy groups -OCH3 is 1. The van der Waals surface area contributed by atoms with Gasteiger partial charge in [-0.3, -0.25) is 4.79 Å². The van der Waals surface area contributed by atoms with Gasteiger partial charge in [-0.05, 0) is 28.7 Å². The normalized spacial score (nSPS) is 10.5. The minimum Gasteiger partial charge on any atom is -0.490 e. The summed E-state index contributed by atoms with van der Waals surface area (Å²) in [7, 11) is 1.31. The molecule has 0 fully saturated rings. The summed E-state index contributed by atoms with van der Waals surface area (Å²) in [5, 5.41) is 0. The molecule has 0 aromatic carbocycles. The van der Waals surface area contributed by atoms with E-state index in [1.807, 2.05) is 4.98 Å². The second kappa shape index (κ2) is 4.03. The van der Waals surface area contributed by atoms with Crippen molar-refractivity contribution < 1.29 is 13.5 Å². The van der Waals surface area contributed by atoms with Crippen LogP contribution in [0, 0.1) is 3.57 Å². The lowest BCUT2D eigenvalue weighted by Crippen LogP contribution is -2.13. The Morgan fingerprint density at radius 2 is 2.23 bits per heavy atom. The summed E-state index contributed by atoms with van der Waals surface area (Å²) in [6.07, 6.45) is -2.67. The summed E-state index contributed by atoms with van der Waals surface area (Å²) in [5.41, 5.74) is -1.03. The minimum atomic E-state index is -2.67. The second-order valence-electron chi connectivity index (χ2n) is 2.24. The van der Waals surface area contributed by atoms with Crippen LogP contribution < -0.4 is 10.3 Å². The van der Waals surface area contributed by atoms with E-state index in [9.17, 15) is 13.6 Å². The molecule has 0 unspecified atom stereocenters. The Balaban J connectivity index is 3.29. The van der Waals surface area contributed by atoms with E-state index in [1.54, 1.807) is 22.6 Å². The highest BCUT2D eigenvalue weighted by Gasteiger charge is 2.13. The van der Waals surface area contributed by atoms with Gasteiger partial charge in [0.15, 0.2) is 5.75 Å². The van der Waals surface area contributed by atoms with Gasteiger partial charge in [0.05, 0.1) is 16.4 Å². The fourth-order valence-electron chi connectivity index (χ4n) is 0.842. The van der Waals surface area contributed by atoms with Crippen molar-refractivity contribution in [3.05, 3.63) is 25.7 Å². The van der Waals surface area contributed by atoms with Gasteiger partial charge >= 0.3 is 0 Å². The van der Waals surface area contributed by atoms with Crippen LogP contribution in [0.15, 0.2) is 10.9 Å². The highest BCUT2D eigenvalue weighted by Crippen LogP contribution is 2.21. The first-order valence-electron chi connectivity index (χ1n) is 3.31. The van der Waals surface area contributed by atoms with Crippen LogP contribution in [-0.2, 0) is 0 Å². The summed E-state index contributed by atoms with van der Waals surface area (Å²) in [6, 6.07) is 1.19. The zero-order valence-corrected chi connectivity index (χ0v) is 8.76. The van der Waals surface area contributed by atoms with Crippen molar-refractivity contribution in [2.45, 2.75) is 6.43 Å². The quantitative estimate of drug-likeness (QED) is 0.848. The first-order valence-corrected chi connectivity index (χ1v) is 4.39. The van der Waals surface area contributed by atoms with Crippen LogP contribution in [0.3, 0.4) is 0 Å². The van der Waals surface area contributed by atoms with E-state index in [2.05, 4.69) is 0 Å². The van der Waals surface area contributed by atoms with Gasteiger partial charge in [-0.2, -0.15) is 0 Å². The largest absolute Gasteiger partial charge is 0.490 e. The molecule has 0 spiro atoms. The van der Waals surface area contributed by atoms with E-state index in [0.717, 1.165) is 0 Å². The van der Waals surface area contributed by atoms with Crippen molar-refractivity contribution in [2.75, 3.05) is 7.11 Å². The molecule has 72 valence electrons. The highest BCUT2D eigenvalue weighted by atomic mass is 127.